The third kappa shape index (κ3) is 3.31. The van der Waals surface area contributed by atoms with Crippen molar-refractivity contribution in [3.63, 3.8) is 0 Å². The quantitative estimate of drug-likeness (QED) is 0.933. The van der Waals surface area contributed by atoms with Crippen LogP contribution in [-0.2, 0) is 0 Å². The molecule has 23 heavy (non-hydrogen) atoms. The zero-order valence-corrected chi connectivity index (χ0v) is 13.4. The van der Waals surface area contributed by atoms with E-state index in [4.69, 9.17) is 9.26 Å². The van der Waals surface area contributed by atoms with Crippen LogP contribution >= 0.6 is 0 Å². The number of rotatable bonds is 4. The van der Waals surface area contributed by atoms with Gasteiger partial charge in [-0.2, -0.15) is 0 Å². The number of aromatic nitrogens is 1. The van der Waals surface area contributed by atoms with Crippen LogP contribution in [-0.4, -0.2) is 29.2 Å². The van der Waals surface area contributed by atoms with Gasteiger partial charge in [-0.3, -0.25) is 0 Å². The molecular weight excluding hydrogens is 294 g/mol. The molecule has 1 aromatic heterocycles. The number of anilines is 1. The average Bonchev–Trinajstić information content (AvgIpc) is 3.18. The molecule has 0 radical (unpaired) electrons. The Balaban J connectivity index is 1.75. The topological polar surface area (TPSA) is 67.6 Å². The molecule has 1 aromatic carbocycles. The van der Waals surface area contributed by atoms with Gasteiger partial charge in [0.1, 0.15) is 5.75 Å². The first-order valence-corrected chi connectivity index (χ1v) is 7.91. The summed E-state index contributed by atoms with van der Waals surface area (Å²) < 4.78 is 10.9. The highest BCUT2D eigenvalue weighted by Gasteiger charge is 2.33. The van der Waals surface area contributed by atoms with Crippen molar-refractivity contribution < 1.29 is 14.1 Å². The van der Waals surface area contributed by atoms with Gasteiger partial charge in [-0.1, -0.05) is 17.3 Å². The van der Waals surface area contributed by atoms with Gasteiger partial charge in [0.25, 0.3) is 0 Å². The molecule has 1 aliphatic heterocycles. The molecule has 1 N–H and O–H groups in total. The number of amides is 2. The fourth-order valence-electron chi connectivity index (χ4n) is 2.88. The summed E-state index contributed by atoms with van der Waals surface area (Å²) in [6.45, 7) is 5.05. The number of likely N-dealkylation sites (tertiary alicyclic amines) is 1. The number of carbonyl (C=O) groups excluding carboxylic acids is 1. The van der Waals surface area contributed by atoms with Gasteiger partial charge in [0, 0.05) is 12.6 Å². The molecule has 1 saturated heterocycles. The predicted octanol–water partition coefficient (Wildman–Crippen LogP) is 3.75. The molecule has 1 fully saturated rings. The molecule has 0 aliphatic carbocycles. The molecule has 122 valence electrons. The van der Waals surface area contributed by atoms with Crippen molar-refractivity contribution in [2.45, 2.75) is 32.7 Å². The summed E-state index contributed by atoms with van der Waals surface area (Å²) >= 11 is 0. The van der Waals surface area contributed by atoms with Crippen molar-refractivity contribution in [1.82, 2.24) is 10.1 Å². The smallest absolute Gasteiger partial charge is 0.322 e. The maximum absolute atomic E-state index is 12.7. The second-order valence-electron chi connectivity index (χ2n) is 5.58. The summed E-state index contributed by atoms with van der Waals surface area (Å²) in [4.78, 5) is 14.5. The van der Waals surface area contributed by atoms with E-state index in [0.717, 1.165) is 24.3 Å². The van der Waals surface area contributed by atoms with Crippen molar-refractivity contribution in [1.29, 1.82) is 0 Å². The summed E-state index contributed by atoms with van der Waals surface area (Å²) in [6, 6.07) is 9.14. The minimum absolute atomic E-state index is 0.0598. The zero-order valence-electron chi connectivity index (χ0n) is 13.4. The van der Waals surface area contributed by atoms with E-state index in [1.165, 1.54) is 0 Å². The molecule has 1 atom stereocenters. The number of nitrogens with zero attached hydrogens (tertiary/aromatic N) is 2. The van der Waals surface area contributed by atoms with Crippen molar-refractivity contribution in [3.8, 4) is 5.75 Å². The largest absolute Gasteiger partial charge is 0.492 e. The third-order valence-electron chi connectivity index (χ3n) is 3.92. The monoisotopic (exact) mass is 315 g/mol. The second kappa shape index (κ2) is 6.73. The normalized spacial score (nSPS) is 17.3. The Morgan fingerprint density at radius 1 is 1.48 bits per heavy atom. The molecule has 1 unspecified atom stereocenters. The SMILES string of the molecule is CCOc1ccccc1NC(=O)N1CCCC1c1cc(C)no1. The van der Waals surface area contributed by atoms with Gasteiger partial charge in [-0.25, -0.2) is 4.79 Å². The number of aryl methyl sites for hydroxylation is 1. The Morgan fingerprint density at radius 3 is 3.04 bits per heavy atom. The number of para-hydroxylation sites is 2. The highest BCUT2D eigenvalue weighted by molar-refractivity contribution is 5.91. The van der Waals surface area contributed by atoms with E-state index >= 15 is 0 Å². The van der Waals surface area contributed by atoms with E-state index < -0.39 is 0 Å². The van der Waals surface area contributed by atoms with Crippen LogP contribution in [0.2, 0.25) is 0 Å². The maximum atomic E-state index is 12.7. The zero-order chi connectivity index (χ0) is 16.2. The third-order valence-corrected chi connectivity index (χ3v) is 3.92. The van der Waals surface area contributed by atoms with Crippen molar-refractivity contribution in [2.75, 3.05) is 18.5 Å². The Bertz CT molecular complexity index is 683. The fraction of sp³-hybridized carbons (Fsp3) is 0.412. The lowest BCUT2D eigenvalue weighted by Gasteiger charge is -2.23. The summed E-state index contributed by atoms with van der Waals surface area (Å²) in [5, 5.41) is 6.87. The number of benzene rings is 1. The van der Waals surface area contributed by atoms with Crippen molar-refractivity contribution in [2.24, 2.45) is 0 Å². The average molecular weight is 315 g/mol. The van der Waals surface area contributed by atoms with Gasteiger partial charge < -0.3 is 19.5 Å². The number of hydrogen-bond donors (Lipinski definition) is 1. The van der Waals surface area contributed by atoms with E-state index in [1.54, 1.807) is 4.90 Å². The Labute approximate surface area is 135 Å². The standard InChI is InChI=1S/C17H21N3O3/c1-3-22-15-9-5-4-7-13(15)18-17(21)20-10-6-8-14(20)16-11-12(2)19-23-16/h4-5,7,9,11,14H,3,6,8,10H2,1-2H3,(H,18,21). The number of ether oxygens (including phenoxy) is 1. The molecule has 0 spiro atoms. The fourth-order valence-corrected chi connectivity index (χ4v) is 2.88. The lowest BCUT2D eigenvalue weighted by atomic mass is 10.1. The summed E-state index contributed by atoms with van der Waals surface area (Å²) in [7, 11) is 0. The van der Waals surface area contributed by atoms with Crippen LogP contribution in [0.3, 0.4) is 0 Å². The Kier molecular flexibility index (Phi) is 4.50. The highest BCUT2D eigenvalue weighted by atomic mass is 16.5. The molecule has 3 rings (SSSR count). The number of hydrogen-bond acceptors (Lipinski definition) is 4. The van der Waals surface area contributed by atoms with Crippen molar-refractivity contribution in [3.05, 3.63) is 41.8 Å². The van der Waals surface area contributed by atoms with Gasteiger partial charge in [-0.15, -0.1) is 0 Å². The summed E-state index contributed by atoms with van der Waals surface area (Å²) in [5.41, 5.74) is 1.51. The van der Waals surface area contributed by atoms with Crippen LogP contribution in [0.25, 0.3) is 0 Å². The molecule has 2 aromatic rings. The van der Waals surface area contributed by atoms with E-state index in [2.05, 4.69) is 10.5 Å². The highest BCUT2D eigenvalue weighted by Crippen LogP contribution is 2.33. The van der Waals surface area contributed by atoms with Gasteiger partial charge >= 0.3 is 6.03 Å². The van der Waals surface area contributed by atoms with E-state index in [0.29, 0.717) is 24.6 Å². The predicted molar refractivity (Wildman–Crippen MR) is 86.6 cm³/mol. The van der Waals surface area contributed by atoms with Gasteiger partial charge in [0.05, 0.1) is 24.0 Å². The summed E-state index contributed by atoms with van der Waals surface area (Å²) in [6.07, 6.45) is 1.83. The molecule has 2 heterocycles. The Morgan fingerprint density at radius 2 is 2.30 bits per heavy atom. The minimum Gasteiger partial charge on any atom is -0.492 e. The van der Waals surface area contributed by atoms with E-state index in [9.17, 15) is 4.79 Å². The van der Waals surface area contributed by atoms with E-state index in [1.807, 2.05) is 44.2 Å². The second-order valence-corrected chi connectivity index (χ2v) is 5.58. The lowest BCUT2D eigenvalue weighted by Crippen LogP contribution is -2.34. The van der Waals surface area contributed by atoms with Gasteiger partial charge in [-0.05, 0) is 38.8 Å². The first kappa shape index (κ1) is 15.4. The number of urea groups is 1. The maximum Gasteiger partial charge on any atom is 0.322 e. The molecule has 2 amide bonds. The molecule has 1 aliphatic rings. The van der Waals surface area contributed by atoms with Crippen LogP contribution < -0.4 is 10.1 Å². The number of carbonyl (C=O) groups is 1. The van der Waals surface area contributed by atoms with Crippen LogP contribution in [0.5, 0.6) is 5.75 Å². The minimum atomic E-state index is -0.145. The van der Waals surface area contributed by atoms with Gasteiger partial charge in [0.2, 0.25) is 0 Å². The molecule has 0 bridgehead atoms. The summed E-state index contributed by atoms with van der Waals surface area (Å²) in [5.74, 6) is 1.42. The first-order chi connectivity index (χ1) is 11.2. The molecular formula is C17H21N3O3. The van der Waals surface area contributed by atoms with Crippen LogP contribution in [0, 0.1) is 6.92 Å². The van der Waals surface area contributed by atoms with Crippen molar-refractivity contribution >= 4 is 11.7 Å². The lowest BCUT2D eigenvalue weighted by molar-refractivity contribution is 0.195. The number of nitrogens with one attached hydrogen (secondary N) is 1. The van der Waals surface area contributed by atoms with Crippen LogP contribution in [0.4, 0.5) is 10.5 Å². The molecule has 6 nitrogen and oxygen atoms in total. The molecule has 6 heteroatoms. The van der Waals surface area contributed by atoms with Gasteiger partial charge in [0.15, 0.2) is 5.76 Å². The van der Waals surface area contributed by atoms with Crippen LogP contribution in [0.15, 0.2) is 34.9 Å². The van der Waals surface area contributed by atoms with E-state index in [-0.39, 0.29) is 12.1 Å². The van der Waals surface area contributed by atoms with Crippen LogP contribution in [0.1, 0.15) is 37.3 Å². The molecule has 0 saturated carbocycles. The first-order valence-electron chi connectivity index (χ1n) is 7.91. The Hall–Kier alpha value is -2.50.